The molecular weight excluding hydrogens is 168 g/mol. The van der Waals surface area contributed by atoms with E-state index in [4.69, 9.17) is 0 Å². The quantitative estimate of drug-likeness (QED) is 0.673. The zero-order valence-electron chi connectivity index (χ0n) is 7.50. The van der Waals surface area contributed by atoms with Gasteiger partial charge in [-0.1, -0.05) is 0 Å². The average molecular weight is 178 g/mol. The summed E-state index contributed by atoms with van der Waals surface area (Å²) in [5.74, 6) is -0.285. The van der Waals surface area contributed by atoms with Gasteiger partial charge >= 0.3 is 0 Å². The molecule has 0 radical (unpaired) electrons. The zero-order valence-corrected chi connectivity index (χ0v) is 7.50. The number of aromatic nitrogens is 1. The molecule has 1 amide bonds. The Morgan fingerprint density at radius 1 is 1.54 bits per heavy atom. The van der Waals surface area contributed by atoms with Crippen LogP contribution in [0.1, 0.15) is 26.5 Å². The van der Waals surface area contributed by atoms with E-state index in [9.17, 15) is 9.59 Å². The highest BCUT2D eigenvalue weighted by molar-refractivity contribution is 5.93. The van der Waals surface area contributed by atoms with Gasteiger partial charge in [0.15, 0.2) is 0 Å². The Morgan fingerprint density at radius 2 is 2.23 bits per heavy atom. The van der Waals surface area contributed by atoms with Crippen molar-refractivity contribution in [3.8, 4) is 0 Å². The number of amides is 1. The highest BCUT2D eigenvalue weighted by Gasteiger charge is 2.06. The number of hydrogen-bond donors (Lipinski definition) is 1. The molecule has 0 saturated heterocycles. The molecule has 0 spiro atoms. The molecular formula is C9H10N2O2. The summed E-state index contributed by atoms with van der Waals surface area (Å²) >= 11 is 0. The smallest absolute Gasteiger partial charge is 0.269 e. The van der Waals surface area contributed by atoms with Gasteiger partial charge in [-0.25, -0.2) is 4.98 Å². The molecule has 0 atom stereocenters. The minimum Gasteiger partial charge on any atom is -0.354 e. The molecule has 0 fully saturated rings. The van der Waals surface area contributed by atoms with Gasteiger partial charge in [0.1, 0.15) is 12.0 Å². The highest BCUT2D eigenvalue weighted by Crippen LogP contribution is 2.03. The first-order valence-electron chi connectivity index (χ1n) is 3.83. The van der Waals surface area contributed by atoms with Crippen molar-refractivity contribution in [2.45, 2.75) is 6.92 Å². The van der Waals surface area contributed by atoms with Crippen LogP contribution < -0.4 is 5.32 Å². The van der Waals surface area contributed by atoms with Crippen LogP contribution in [0.5, 0.6) is 0 Å². The Morgan fingerprint density at radius 3 is 2.77 bits per heavy atom. The second-order valence-electron chi connectivity index (χ2n) is 2.62. The first-order valence-corrected chi connectivity index (χ1v) is 3.83. The van der Waals surface area contributed by atoms with Gasteiger partial charge < -0.3 is 5.32 Å². The summed E-state index contributed by atoms with van der Waals surface area (Å²) in [7, 11) is 1.52. The van der Waals surface area contributed by atoms with Crippen molar-refractivity contribution in [3.63, 3.8) is 0 Å². The van der Waals surface area contributed by atoms with Crippen LogP contribution in [-0.2, 0) is 0 Å². The number of nitrogens with one attached hydrogen (secondary N) is 1. The van der Waals surface area contributed by atoms with E-state index < -0.39 is 0 Å². The lowest BCUT2D eigenvalue weighted by Gasteiger charge is -2.01. The maximum Gasteiger partial charge on any atom is 0.269 e. The van der Waals surface area contributed by atoms with Crippen LogP contribution >= 0.6 is 0 Å². The molecule has 0 saturated carbocycles. The SMILES string of the molecule is CNC(=O)c1cc(C=O)cc(C)n1. The largest absolute Gasteiger partial charge is 0.354 e. The summed E-state index contributed by atoms with van der Waals surface area (Å²) < 4.78 is 0. The summed E-state index contributed by atoms with van der Waals surface area (Å²) in [5.41, 5.74) is 1.39. The fourth-order valence-electron chi connectivity index (χ4n) is 1.01. The predicted molar refractivity (Wildman–Crippen MR) is 47.8 cm³/mol. The van der Waals surface area contributed by atoms with Crippen LogP contribution in [0.2, 0.25) is 0 Å². The van der Waals surface area contributed by atoms with Crippen LogP contribution in [-0.4, -0.2) is 24.2 Å². The second kappa shape index (κ2) is 3.80. The van der Waals surface area contributed by atoms with E-state index in [0.717, 1.165) is 0 Å². The summed E-state index contributed by atoms with van der Waals surface area (Å²) in [6.45, 7) is 1.74. The van der Waals surface area contributed by atoms with E-state index in [1.807, 2.05) is 0 Å². The number of hydrogen-bond acceptors (Lipinski definition) is 3. The van der Waals surface area contributed by atoms with Crippen LogP contribution in [0.25, 0.3) is 0 Å². The molecule has 1 aromatic heterocycles. The van der Waals surface area contributed by atoms with Gasteiger partial charge in [0.25, 0.3) is 5.91 Å². The molecule has 0 aliphatic carbocycles. The second-order valence-corrected chi connectivity index (χ2v) is 2.62. The molecule has 1 N–H and O–H groups in total. The average Bonchev–Trinajstić information content (AvgIpc) is 2.15. The molecule has 0 bridgehead atoms. The van der Waals surface area contributed by atoms with Gasteiger partial charge in [-0.15, -0.1) is 0 Å². The monoisotopic (exact) mass is 178 g/mol. The Labute approximate surface area is 76.0 Å². The Kier molecular flexibility index (Phi) is 2.74. The van der Waals surface area contributed by atoms with Gasteiger partial charge in [0.05, 0.1) is 0 Å². The Balaban J connectivity index is 3.15. The Hall–Kier alpha value is -1.71. The van der Waals surface area contributed by atoms with Crippen LogP contribution in [0.4, 0.5) is 0 Å². The minimum absolute atomic E-state index is 0.268. The highest BCUT2D eigenvalue weighted by atomic mass is 16.1. The summed E-state index contributed by atoms with van der Waals surface area (Å²) in [5, 5.41) is 2.44. The van der Waals surface area contributed by atoms with Crippen LogP contribution in [0.3, 0.4) is 0 Å². The minimum atomic E-state index is -0.285. The lowest BCUT2D eigenvalue weighted by Crippen LogP contribution is -2.19. The lowest BCUT2D eigenvalue weighted by molar-refractivity contribution is 0.0958. The van der Waals surface area contributed by atoms with E-state index in [-0.39, 0.29) is 11.6 Å². The summed E-state index contributed by atoms with van der Waals surface area (Å²) in [4.78, 5) is 25.6. The van der Waals surface area contributed by atoms with Crippen molar-refractivity contribution in [1.82, 2.24) is 10.3 Å². The molecule has 1 aromatic rings. The topological polar surface area (TPSA) is 59.1 Å². The molecule has 4 heteroatoms. The standard InChI is InChI=1S/C9H10N2O2/c1-6-3-7(5-12)4-8(11-6)9(13)10-2/h3-5H,1-2H3,(H,10,13). The molecule has 68 valence electrons. The van der Waals surface area contributed by atoms with Crippen molar-refractivity contribution < 1.29 is 9.59 Å². The lowest BCUT2D eigenvalue weighted by atomic mass is 10.2. The third kappa shape index (κ3) is 2.11. The van der Waals surface area contributed by atoms with E-state index in [2.05, 4.69) is 10.3 Å². The molecule has 4 nitrogen and oxygen atoms in total. The third-order valence-corrected chi connectivity index (χ3v) is 1.57. The number of aldehydes is 1. The molecule has 1 rings (SSSR count). The number of pyridine rings is 1. The van der Waals surface area contributed by atoms with Crippen molar-refractivity contribution in [2.24, 2.45) is 0 Å². The van der Waals surface area contributed by atoms with E-state index in [1.165, 1.54) is 13.1 Å². The number of aryl methyl sites for hydroxylation is 1. The molecule has 0 aliphatic heterocycles. The van der Waals surface area contributed by atoms with E-state index in [1.54, 1.807) is 13.0 Å². The van der Waals surface area contributed by atoms with Crippen LogP contribution in [0, 0.1) is 6.92 Å². The molecule has 0 aromatic carbocycles. The number of rotatable bonds is 2. The van der Waals surface area contributed by atoms with E-state index >= 15 is 0 Å². The number of carbonyl (C=O) groups excluding carboxylic acids is 2. The maximum atomic E-state index is 11.1. The van der Waals surface area contributed by atoms with Gasteiger partial charge in [0, 0.05) is 18.3 Å². The van der Waals surface area contributed by atoms with Gasteiger partial charge in [-0.3, -0.25) is 9.59 Å². The maximum absolute atomic E-state index is 11.1. The fraction of sp³-hybridized carbons (Fsp3) is 0.222. The summed E-state index contributed by atoms with van der Waals surface area (Å²) in [6, 6.07) is 3.08. The first-order chi connectivity index (χ1) is 6.17. The first kappa shape index (κ1) is 9.38. The van der Waals surface area contributed by atoms with Crippen molar-refractivity contribution in [2.75, 3.05) is 7.05 Å². The van der Waals surface area contributed by atoms with Crippen LogP contribution in [0.15, 0.2) is 12.1 Å². The molecule has 13 heavy (non-hydrogen) atoms. The molecule has 1 heterocycles. The van der Waals surface area contributed by atoms with Crippen molar-refractivity contribution in [1.29, 1.82) is 0 Å². The normalized spacial score (nSPS) is 9.38. The van der Waals surface area contributed by atoms with Crippen molar-refractivity contribution >= 4 is 12.2 Å². The van der Waals surface area contributed by atoms with Crippen molar-refractivity contribution in [3.05, 3.63) is 29.1 Å². The summed E-state index contributed by atoms with van der Waals surface area (Å²) in [6.07, 6.45) is 0.696. The number of carbonyl (C=O) groups is 2. The Bertz CT molecular complexity index is 347. The van der Waals surface area contributed by atoms with Gasteiger partial charge in [-0.05, 0) is 19.1 Å². The number of nitrogens with zero attached hydrogens (tertiary/aromatic N) is 1. The van der Waals surface area contributed by atoms with E-state index in [0.29, 0.717) is 17.5 Å². The fourth-order valence-corrected chi connectivity index (χ4v) is 1.01. The molecule has 0 unspecified atom stereocenters. The third-order valence-electron chi connectivity index (χ3n) is 1.57. The zero-order chi connectivity index (χ0) is 9.84. The molecule has 0 aliphatic rings. The van der Waals surface area contributed by atoms with Gasteiger partial charge in [-0.2, -0.15) is 0 Å². The predicted octanol–water partition coefficient (Wildman–Crippen LogP) is 0.562. The van der Waals surface area contributed by atoms with Gasteiger partial charge in [0.2, 0.25) is 0 Å².